The minimum absolute atomic E-state index is 0.440. The summed E-state index contributed by atoms with van der Waals surface area (Å²) in [6.45, 7) is 0.872. The van der Waals surface area contributed by atoms with Gasteiger partial charge in [0.25, 0.3) is 0 Å². The molecule has 0 unspecified atom stereocenters. The fourth-order valence-corrected chi connectivity index (χ4v) is 3.25. The smallest absolute Gasteiger partial charge is 0.119 e. The molecule has 2 heteroatoms. The molecule has 17 heavy (non-hydrogen) atoms. The molecule has 1 aromatic rings. The Labute approximate surface area is 112 Å². The molecule has 1 saturated carbocycles. The number of hydrogen-bond acceptors (Lipinski definition) is 1. The molecule has 0 heterocycles. The molecule has 2 aliphatic carbocycles. The van der Waals surface area contributed by atoms with Crippen molar-refractivity contribution in [3.63, 3.8) is 0 Å². The number of halogens is 1. The topological polar surface area (TPSA) is 9.23 Å². The van der Waals surface area contributed by atoms with Gasteiger partial charge in [-0.25, -0.2) is 0 Å². The quantitative estimate of drug-likeness (QED) is 0.759. The van der Waals surface area contributed by atoms with E-state index in [1.54, 1.807) is 0 Å². The number of alkyl halides is 1. The number of aryl methyl sites for hydroxylation is 2. The van der Waals surface area contributed by atoms with Crippen LogP contribution in [0.4, 0.5) is 0 Å². The van der Waals surface area contributed by atoms with Gasteiger partial charge in [-0.3, -0.25) is 0 Å². The van der Waals surface area contributed by atoms with Crippen LogP contribution < -0.4 is 4.74 Å². The van der Waals surface area contributed by atoms with Crippen LogP contribution >= 0.6 is 15.9 Å². The number of fused-ring (bicyclic) bond motifs is 1. The van der Waals surface area contributed by atoms with Gasteiger partial charge in [-0.15, -0.1) is 0 Å². The van der Waals surface area contributed by atoms with Crippen molar-refractivity contribution in [1.29, 1.82) is 0 Å². The maximum Gasteiger partial charge on any atom is 0.119 e. The lowest BCUT2D eigenvalue weighted by atomic mass is 9.92. The molecule has 1 fully saturated rings. The van der Waals surface area contributed by atoms with Gasteiger partial charge in [0, 0.05) is 10.7 Å². The Bertz CT molecular complexity index is 409. The standard InChI is InChI=1S/C15H19BrO/c16-10-15(7-8-15)11-17-14-6-5-12-3-1-2-4-13(12)9-14/h5-6,9H,1-4,7-8,10-11H2. The summed E-state index contributed by atoms with van der Waals surface area (Å²) in [5.41, 5.74) is 3.48. The fourth-order valence-electron chi connectivity index (χ4n) is 2.53. The molecule has 0 aromatic heterocycles. The van der Waals surface area contributed by atoms with Gasteiger partial charge in [0.1, 0.15) is 5.75 Å². The van der Waals surface area contributed by atoms with Crippen LogP contribution in [0.15, 0.2) is 18.2 Å². The van der Waals surface area contributed by atoms with E-state index in [1.807, 2.05) is 0 Å². The predicted octanol–water partition coefficient (Wildman–Crippen LogP) is 4.12. The Hall–Kier alpha value is -0.500. The van der Waals surface area contributed by atoms with E-state index in [-0.39, 0.29) is 0 Å². The molecule has 3 rings (SSSR count). The van der Waals surface area contributed by atoms with E-state index >= 15 is 0 Å². The molecule has 0 radical (unpaired) electrons. The summed E-state index contributed by atoms with van der Waals surface area (Å²) in [5.74, 6) is 1.07. The van der Waals surface area contributed by atoms with Crippen molar-refractivity contribution in [2.24, 2.45) is 5.41 Å². The molecule has 0 bridgehead atoms. The van der Waals surface area contributed by atoms with Crippen molar-refractivity contribution in [1.82, 2.24) is 0 Å². The Balaban J connectivity index is 1.67. The molecule has 2 aliphatic rings. The van der Waals surface area contributed by atoms with Crippen molar-refractivity contribution >= 4 is 15.9 Å². The second kappa shape index (κ2) is 4.64. The number of benzene rings is 1. The summed E-state index contributed by atoms with van der Waals surface area (Å²) < 4.78 is 5.96. The number of ether oxygens (including phenoxy) is 1. The highest BCUT2D eigenvalue weighted by atomic mass is 79.9. The minimum Gasteiger partial charge on any atom is -0.493 e. The van der Waals surface area contributed by atoms with E-state index in [0.29, 0.717) is 5.41 Å². The van der Waals surface area contributed by atoms with Crippen molar-refractivity contribution in [3.8, 4) is 5.75 Å². The molecule has 0 saturated heterocycles. The molecule has 0 N–H and O–H groups in total. The summed E-state index contributed by atoms with van der Waals surface area (Å²) in [4.78, 5) is 0. The lowest BCUT2D eigenvalue weighted by molar-refractivity contribution is 0.251. The maximum atomic E-state index is 5.96. The van der Waals surface area contributed by atoms with Gasteiger partial charge in [-0.1, -0.05) is 22.0 Å². The lowest BCUT2D eigenvalue weighted by Crippen LogP contribution is -2.14. The van der Waals surface area contributed by atoms with Gasteiger partial charge in [0.2, 0.25) is 0 Å². The van der Waals surface area contributed by atoms with Gasteiger partial charge in [-0.05, 0) is 61.8 Å². The van der Waals surface area contributed by atoms with Crippen LogP contribution in [-0.2, 0) is 12.8 Å². The van der Waals surface area contributed by atoms with Gasteiger partial charge in [-0.2, -0.15) is 0 Å². The first kappa shape index (κ1) is 11.6. The van der Waals surface area contributed by atoms with Crippen molar-refractivity contribution in [3.05, 3.63) is 29.3 Å². The van der Waals surface area contributed by atoms with Crippen LogP contribution in [0.3, 0.4) is 0 Å². The van der Waals surface area contributed by atoms with Crippen LogP contribution in [0.25, 0.3) is 0 Å². The largest absolute Gasteiger partial charge is 0.493 e. The molecular weight excluding hydrogens is 276 g/mol. The monoisotopic (exact) mass is 294 g/mol. The third-order valence-corrected chi connectivity index (χ3v) is 5.30. The fraction of sp³-hybridized carbons (Fsp3) is 0.600. The van der Waals surface area contributed by atoms with E-state index < -0.39 is 0 Å². The number of rotatable bonds is 4. The van der Waals surface area contributed by atoms with Crippen molar-refractivity contribution < 1.29 is 4.74 Å². The van der Waals surface area contributed by atoms with E-state index in [2.05, 4.69) is 34.1 Å². The van der Waals surface area contributed by atoms with Crippen molar-refractivity contribution in [2.45, 2.75) is 38.5 Å². The van der Waals surface area contributed by atoms with Crippen LogP contribution in [0, 0.1) is 5.41 Å². The SMILES string of the molecule is BrCC1(COc2ccc3c(c2)CCCC3)CC1. The Morgan fingerprint density at radius 1 is 1.12 bits per heavy atom. The second-order valence-corrected chi connectivity index (χ2v) is 6.12. The molecule has 0 amide bonds. The highest BCUT2D eigenvalue weighted by molar-refractivity contribution is 9.09. The molecule has 1 aromatic carbocycles. The van der Waals surface area contributed by atoms with Gasteiger partial charge >= 0.3 is 0 Å². The van der Waals surface area contributed by atoms with Gasteiger partial charge < -0.3 is 4.74 Å². The average Bonchev–Trinajstić information content (AvgIpc) is 3.17. The summed E-state index contributed by atoms with van der Waals surface area (Å²) in [6.07, 6.45) is 7.78. The average molecular weight is 295 g/mol. The highest BCUT2D eigenvalue weighted by Crippen LogP contribution is 2.47. The van der Waals surface area contributed by atoms with E-state index in [4.69, 9.17) is 4.74 Å². The molecule has 92 valence electrons. The van der Waals surface area contributed by atoms with E-state index in [1.165, 1.54) is 49.7 Å². The maximum absolute atomic E-state index is 5.96. The zero-order valence-corrected chi connectivity index (χ0v) is 11.8. The van der Waals surface area contributed by atoms with Gasteiger partial charge in [0.05, 0.1) is 6.61 Å². The zero-order chi connectivity index (χ0) is 11.7. The Morgan fingerprint density at radius 2 is 1.88 bits per heavy atom. The summed E-state index contributed by atoms with van der Waals surface area (Å²) in [5, 5.41) is 1.07. The number of hydrogen-bond donors (Lipinski definition) is 0. The Morgan fingerprint density at radius 3 is 2.59 bits per heavy atom. The third-order valence-electron chi connectivity index (χ3n) is 4.11. The minimum atomic E-state index is 0.440. The highest BCUT2D eigenvalue weighted by Gasteiger charge is 2.42. The second-order valence-electron chi connectivity index (χ2n) is 5.56. The van der Waals surface area contributed by atoms with Crippen molar-refractivity contribution in [2.75, 3.05) is 11.9 Å². The van der Waals surface area contributed by atoms with E-state index in [9.17, 15) is 0 Å². The van der Waals surface area contributed by atoms with Crippen LogP contribution in [0.1, 0.15) is 36.8 Å². The first-order valence-corrected chi connectivity index (χ1v) is 7.74. The first-order chi connectivity index (χ1) is 8.31. The zero-order valence-electron chi connectivity index (χ0n) is 10.2. The summed E-state index contributed by atoms with van der Waals surface area (Å²) >= 11 is 3.59. The lowest BCUT2D eigenvalue weighted by Gasteiger charge is -2.18. The predicted molar refractivity (Wildman–Crippen MR) is 74.0 cm³/mol. The summed E-state index contributed by atoms with van der Waals surface area (Å²) in [7, 11) is 0. The molecule has 0 atom stereocenters. The molecule has 0 aliphatic heterocycles. The van der Waals surface area contributed by atoms with Crippen LogP contribution in [0.2, 0.25) is 0 Å². The molecule has 0 spiro atoms. The first-order valence-electron chi connectivity index (χ1n) is 6.62. The van der Waals surface area contributed by atoms with Crippen LogP contribution in [-0.4, -0.2) is 11.9 Å². The van der Waals surface area contributed by atoms with Crippen LogP contribution in [0.5, 0.6) is 5.75 Å². The normalized spacial score (nSPS) is 20.8. The summed E-state index contributed by atoms with van der Waals surface area (Å²) in [6, 6.07) is 6.67. The third kappa shape index (κ3) is 2.52. The van der Waals surface area contributed by atoms with Gasteiger partial charge in [0.15, 0.2) is 0 Å². The Kier molecular flexibility index (Phi) is 3.16. The molecular formula is C15H19BrO. The van der Waals surface area contributed by atoms with E-state index in [0.717, 1.165) is 17.7 Å². The molecule has 1 nitrogen and oxygen atoms in total.